The highest BCUT2D eigenvalue weighted by atomic mass is 32.1. The van der Waals surface area contributed by atoms with Crippen molar-refractivity contribution in [1.29, 1.82) is 10.5 Å². The molecule has 0 aliphatic carbocycles. The molecule has 4 rings (SSSR count). The SMILES string of the molecule is Cc1ccc(N2C(=S)N(c3ccc(C#N)c(C(F)(F)F)c3)C(=NCNc3ccc(C#N)c(C(F)(F)F)c3)C2(C)C)cc1. The van der Waals surface area contributed by atoms with Crippen LogP contribution < -0.4 is 15.1 Å². The molecule has 42 heavy (non-hydrogen) atoms. The van der Waals surface area contributed by atoms with E-state index in [2.05, 4.69) is 10.3 Å². The van der Waals surface area contributed by atoms with Crippen molar-refractivity contribution in [2.24, 2.45) is 4.99 Å². The number of thiocarbonyl (C=S) groups is 1. The van der Waals surface area contributed by atoms with Crippen LogP contribution in [0.5, 0.6) is 0 Å². The predicted molar refractivity (Wildman–Crippen MR) is 151 cm³/mol. The van der Waals surface area contributed by atoms with E-state index in [-0.39, 0.29) is 29.0 Å². The number of hydrogen-bond acceptors (Lipinski definition) is 5. The Bertz CT molecular complexity index is 1650. The van der Waals surface area contributed by atoms with E-state index >= 15 is 0 Å². The van der Waals surface area contributed by atoms with Crippen LogP contribution in [-0.2, 0) is 12.4 Å². The summed E-state index contributed by atoms with van der Waals surface area (Å²) in [6, 6.07) is 16.7. The van der Waals surface area contributed by atoms with Crippen molar-refractivity contribution in [3.05, 3.63) is 88.5 Å². The van der Waals surface area contributed by atoms with Gasteiger partial charge in [0.2, 0.25) is 0 Å². The van der Waals surface area contributed by atoms with E-state index in [0.29, 0.717) is 5.69 Å². The summed E-state index contributed by atoms with van der Waals surface area (Å²) in [6.07, 6.45) is -9.58. The molecule has 0 amide bonds. The first kappa shape index (κ1) is 30.3. The zero-order valence-corrected chi connectivity index (χ0v) is 23.2. The average Bonchev–Trinajstić information content (AvgIpc) is 3.12. The second-order valence-electron chi connectivity index (χ2n) is 9.87. The Labute approximate surface area is 243 Å². The quantitative estimate of drug-likeness (QED) is 0.240. The number of nitriles is 2. The lowest BCUT2D eigenvalue weighted by Gasteiger charge is -2.31. The second-order valence-corrected chi connectivity index (χ2v) is 10.2. The van der Waals surface area contributed by atoms with Crippen LogP contribution in [0.2, 0.25) is 0 Å². The lowest BCUT2D eigenvalue weighted by molar-refractivity contribution is -0.138. The van der Waals surface area contributed by atoms with Crippen molar-refractivity contribution in [2.45, 2.75) is 38.7 Å². The molecule has 0 radical (unpaired) electrons. The largest absolute Gasteiger partial charge is 0.417 e. The number of alkyl halides is 6. The molecule has 1 fully saturated rings. The summed E-state index contributed by atoms with van der Waals surface area (Å²) >= 11 is 5.76. The molecule has 1 heterocycles. The maximum Gasteiger partial charge on any atom is 0.417 e. The van der Waals surface area contributed by atoms with Crippen molar-refractivity contribution in [2.75, 3.05) is 21.8 Å². The summed E-state index contributed by atoms with van der Waals surface area (Å²) in [5, 5.41) is 21.2. The van der Waals surface area contributed by atoms with Gasteiger partial charge < -0.3 is 10.2 Å². The third-order valence-electron chi connectivity index (χ3n) is 6.64. The lowest BCUT2D eigenvalue weighted by atomic mass is 10.0. The second kappa shape index (κ2) is 11.0. The fourth-order valence-corrected chi connectivity index (χ4v) is 5.15. The summed E-state index contributed by atoms with van der Waals surface area (Å²) < 4.78 is 81.8. The van der Waals surface area contributed by atoms with Crippen molar-refractivity contribution in [3.63, 3.8) is 0 Å². The predicted octanol–water partition coefficient (Wildman–Crippen LogP) is 7.63. The van der Waals surface area contributed by atoms with Gasteiger partial charge in [-0.2, -0.15) is 36.9 Å². The Hall–Kier alpha value is -4.62. The molecule has 0 atom stereocenters. The molecule has 0 aromatic heterocycles. The first-order valence-corrected chi connectivity index (χ1v) is 12.7. The van der Waals surface area contributed by atoms with Crippen LogP contribution in [-0.4, -0.2) is 23.2 Å². The van der Waals surface area contributed by atoms with Crippen molar-refractivity contribution >= 4 is 40.2 Å². The highest BCUT2D eigenvalue weighted by Crippen LogP contribution is 2.40. The van der Waals surface area contributed by atoms with E-state index in [1.165, 1.54) is 23.1 Å². The monoisotopic (exact) mass is 600 g/mol. The molecule has 6 nitrogen and oxygen atoms in total. The van der Waals surface area contributed by atoms with Gasteiger partial charge in [0, 0.05) is 11.4 Å². The van der Waals surface area contributed by atoms with Gasteiger partial charge in [-0.1, -0.05) is 17.7 Å². The highest BCUT2D eigenvalue weighted by Gasteiger charge is 2.49. The molecule has 216 valence electrons. The van der Waals surface area contributed by atoms with Crippen molar-refractivity contribution < 1.29 is 26.3 Å². The highest BCUT2D eigenvalue weighted by molar-refractivity contribution is 7.81. The Morgan fingerprint density at radius 2 is 1.36 bits per heavy atom. The van der Waals surface area contributed by atoms with E-state index in [4.69, 9.17) is 17.5 Å². The molecule has 0 bridgehead atoms. The van der Waals surface area contributed by atoms with Crippen LogP contribution in [0.4, 0.5) is 43.4 Å². The molecule has 0 spiro atoms. The molecule has 1 aliphatic rings. The topological polar surface area (TPSA) is 78.4 Å². The fraction of sp³-hybridized carbons (Fsp3) is 0.241. The van der Waals surface area contributed by atoms with E-state index < -0.39 is 40.1 Å². The van der Waals surface area contributed by atoms with Crippen LogP contribution in [0.15, 0.2) is 65.7 Å². The number of nitrogens with zero attached hydrogens (tertiary/aromatic N) is 5. The van der Waals surface area contributed by atoms with Gasteiger partial charge in [-0.15, -0.1) is 0 Å². The Kier molecular flexibility index (Phi) is 7.94. The third kappa shape index (κ3) is 5.74. The maximum absolute atomic E-state index is 13.8. The molecular weight excluding hydrogens is 578 g/mol. The van der Waals surface area contributed by atoms with Gasteiger partial charge in [-0.05, 0) is 81.5 Å². The van der Waals surface area contributed by atoms with Crippen LogP contribution >= 0.6 is 12.2 Å². The fourth-order valence-electron chi connectivity index (χ4n) is 4.62. The van der Waals surface area contributed by atoms with E-state index in [1.54, 1.807) is 36.9 Å². The normalized spacial score (nSPS) is 16.0. The van der Waals surface area contributed by atoms with Crippen LogP contribution in [0.25, 0.3) is 0 Å². The number of anilines is 3. The standard InChI is InChI=1S/C29H22F6N6S/c1-17-4-9-21(10-5-17)41-26(42)40(22-11-7-19(15-37)24(13-22)29(33,34)35)25(27(41,2)3)39-16-38-20-8-6-18(14-36)23(12-20)28(30,31)32/h4-13,38H,16H2,1-3H3. The van der Waals surface area contributed by atoms with Gasteiger partial charge in [0.05, 0.1) is 45.6 Å². The maximum atomic E-state index is 13.8. The third-order valence-corrected chi connectivity index (χ3v) is 7.00. The zero-order chi connectivity index (χ0) is 31.0. The molecule has 1 N–H and O–H groups in total. The summed E-state index contributed by atoms with van der Waals surface area (Å²) in [7, 11) is 0. The van der Waals surface area contributed by atoms with Crippen LogP contribution in [0, 0.1) is 29.6 Å². The number of hydrogen-bond donors (Lipinski definition) is 1. The van der Waals surface area contributed by atoms with Gasteiger partial charge in [0.1, 0.15) is 12.5 Å². The van der Waals surface area contributed by atoms with E-state index in [9.17, 15) is 31.6 Å². The molecule has 0 unspecified atom stereocenters. The smallest absolute Gasteiger partial charge is 0.366 e. The Morgan fingerprint density at radius 3 is 1.90 bits per heavy atom. The van der Waals surface area contributed by atoms with Crippen molar-refractivity contribution in [3.8, 4) is 12.1 Å². The average molecular weight is 601 g/mol. The first-order chi connectivity index (χ1) is 19.6. The number of aliphatic imine (C=N–C) groups is 1. The molecule has 0 saturated carbocycles. The summed E-state index contributed by atoms with van der Waals surface area (Å²) in [5.41, 5.74) is -2.74. The molecule has 1 aliphatic heterocycles. The summed E-state index contributed by atoms with van der Waals surface area (Å²) in [4.78, 5) is 7.62. The number of nitrogens with one attached hydrogen (secondary N) is 1. The van der Waals surface area contributed by atoms with Crippen LogP contribution in [0.3, 0.4) is 0 Å². The van der Waals surface area contributed by atoms with Crippen LogP contribution in [0.1, 0.15) is 41.7 Å². The summed E-state index contributed by atoms with van der Waals surface area (Å²) in [6.45, 7) is 5.14. The number of amidine groups is 1. The van der Waals surface area contributed by atoms with Gasteiger partial charge in [-0.25, -0.2) is 4.99 Å². The van der Waals surface area contributed by atoms with Crippen molar-refractivity contribution in [1.82, 2.24) is 0 Å². The molecule has 1 saturated heterocycles. The summed E-state index contributed by atoms with van der Waals surface area (Å²) in [5.74, 6) is 0.211. The first-order valence-electron chi connectivity index (χ1n) is 12.3. The van der Waals surface area contributed by atoms with E-state index in [1.807, 2.05) is 19.1 Å². The van der Waals surface area contributed by atoms with Gasteiger partial charge in [0.15, 0.2) is 5.11 Å². The number of halogens is 6. The zero-order valence-electron chi connectivity index (χ0n) is 22.4. The minimum atomic E-state index is -4.82. The molecule has 3 aromatic rings. The minimum absolute atomic E-state index is 0.00509. The number of rotatable bonds is 5. The molecular formula is C29H22F6N6S. The van der Waals surface area contributed by atoms with Gasteiger partial charge >= 0.3 is 12.4 Å². The number of benzene rings is 3. The number of aryl methyl sites for hydroxylation is 1. The molecule has 13 heteroatoms. The van der Waals surface area contributed by atoms with Gasteiger partial charge in [-0.3, -0.25) is 4.90 Å². The molecule has 3 aromatic carbocycles. The lowest BCUT2D eigenvalue weighted by Crippen LogP contribution is -2.44. The minimum Gasteiger partial charge on any atom is -0.366 e. The van der Waals surface area contributed by atoms with Gasteiger partial charge in [0.25, 0.3) is 0 Å². The van der Waals surface area contributed by atoms with E-state index in [0.717, 1.165) is 29.8 Å². The Balaban J connectivity index is 1.80. The Morgan fingerprint density at radius 1 is 0.833 bits per heavy atom.